The Bertz CT molecular complexity index is 1110. The number of nitriles is 1. The number of hydrogen-bond donors (Lipinski definition) is 2. The van der Waals surface area contributed by atoms with Gasteiger partial charge in [0.15, 0.2) is 5.96 Å². The van der Waals surface area contributed by atoms with E-state index in [1.165, 1.54) is 17.0 Å². The minimum atomic E-state index is -0.591. The molecule has 0 saturated heterocycles. The minimum Gasteiger partial charge on any atom is -0.369 e. The summed E-state index contributed by atoms with van der Waals surface area (Å²) >= 11 is 0. The minimum absolute atomic E-state index is 0.0246. The van der Waals surface area contributed by atoms with Gasteiger partial charge in [-0.2, -0.15) is 5.26 Å². The van der Waals surface area contributed by atoms with Gasteiger partial charge in [-0.3, -0.25) is 14.5 Å². The molecule has 1 heterocycles. The molecule has 2 atom stereocenters. The van der Waals surface area contributed by atoms with Gasteiger partial charge in [-0.15, -0.1) is 0 Å². The van der Waals surface area contributed by atoms with Crippen LogP contribution in [0.5, 0.6) is 0 Å². The third-order valence-electron chi connectivity index (χ3n) is 5.45. The third-order valence-corrected chi connectivity index (χ3v) is 5.45. The van der Waals surface area contributed by atoms with E-state index < -0.39 is 11.7 Å². The van der Waals surface area contributed by atoms with Crippen LogP contribution >= 0.6 is 0 Å². The molecule has 7 nitrogen and oxygen atoms in total. The van der Waals surface area contributed by atoms with Crippen LogP contribution < -0.4 is 11.1 Å². The maximum absolute atomic E-state index is 14.3. The highest BCUT2D eigenvalue weighted by Gasteiger charge is 2.29. The number of benzene rings is 2. The first-order chi connectivity index (χ1) is 15.2. The second kappa shape index (κ2) is 9.60. The van der Waals surface area contributed by atoms with Crippen molar-refractivity contribution in [1.29, 1.82) is 5.26 Å². The fraction of sp³-hybridized carbons (Fsp3) is 0.333. The van der Waals surface area contributed by atoms with Crippen molar-refractivity contribution in [3.8, 4) is 6.07 Å². The topological polar surface area (TPSA) is 112 Å². The molecule has 0 fully saturated rings. The predicted molar refractivity (Wildman–Crippen MR) is 119 cm³/mol. The van der Waals surface area contributed by atoms with Crippen molar-refractivity contribution in [3.63, 3.8) is 0 Å². The normalized spacial score (nSPS) is 17.0. The van der Waals surface area contributed by atoms with Crippen molar-refractivity contribution in [1.82, 2.24) is 10.2 Å². The molecule has 2 aromatic carbocycles. The van der Waals surface area contributed by atoms with Crippen molar-refractivity contribution >= 4 is 17.8 Å². The monoisotopic (exact) mass is 435 g/mol. The van der Waals surface area contributed by atoms with E-state index in [1.54, 1.807) is 31.2 Å². The molecule has 0 aromatic heterocycles. The van der Waals surface area contributed by atoms with E-state index in [1.807, 2.05) is 13.8 Å². The molecular weight excluding hydrogens is 409 g/mol. The van der Waals surface area contributed by atoms with Gasteiger partial charge in [0.2, 0.25) is 5.91 Å². The van der Waals surface area contributed by atoms with E-state index in [-0.39, 0.29) is 48.4 Å². The van der Waals surface area contributed by atoms with Crippen LogP contribution in [0.1, 0.15) is 60.3 Å². The van der Waals surface area contributed by atoms with Crippen LogP contribution in [0.3, 0.4) is 0 Å². The zero-order valence-corrected chi connectivity index (χ0v) is 18.3. The largest absolute Gasteiger partial charge is 0.369 e. The Morgan fingerprint density at radius 1 is 1.31 bits per heavy atom. The van der Waals surface area contributed by atoms with Crippen LogP contribution in [0.15, 0.2) is 47.5 Å². The van der Waals surface area contributed by atoms with Crippen molar-refractivity contribution in [2.24, 2.45) is 16.6 Å². The van der Waals surface area contributed by atoms with Crippen molar-refractivity contribution in [2.75, 3.05) is 0 Å². The Morgan fingerprint density at radius 2 is 2.06 bits per heavy atom. The van der Waals surface area contributed by atoms with E-state index in [4.69, 9.17) is 11.0 Å². The van der Waals surface area contributed by atoms with Crippen LogP contribution in [0.4, 0.5) is 4.39 Å². The average Bonchev–Trinajstić information content (AvgIpc) is 2.75. The Labute approximate surface area is 186 Å². The summed E-state index contributed by atoms with van der Waals surface area (Å²) in [5.74, 6) is -0.961. The molecular formula is C24H26FN5O2. The van der Waals surface area contributed by atoms with Crippen LogP contribution in [0.25, 0.3) is 0 Å². The van der Waals surface area contributed by atoms with Gasteiger partial charge in [-0.1, -0.05) is 26.0 Å². The summed E-state index contributed by atoms with van der Waals surface area (Å²) in [5, 5.41) is 11.9. The molecule has 0 bridgehead atoms. The first-order valence-corrected chi connectivity index (χ1v) is 10.4. The number of nitrogens with two attached hydrogens (primary N) is 1. The zero-order chi connectivity index (χ0) is 23.4. The second-order valence-electron chi connectivity index (χ2n) is 8.26. The first-order valence-electron chi connectivity index (χ1n) is 10.4. The number of carbonyl (C=O) groups is 2. The number of aliphatic imine (C=N–C) groups is 1. The SMILES string of the molecule is CC(NC(=O)c1cc(F)cc(CN2C(=O)CC(C(C)C)N=C2N)c1)c1cccc(C#N)c1. The highest BCUT2D eigenvalue weighted by molar-refractivity contribution is 5.98. The Hall–Kier alpha value is -3.73. The third kappa shape index (κ3) is 5.30. The molecule has 2 amide bonds. The van der Waals surface area contributed by atoms with E-state index in [9.17, 15) is 14.0 Å². The number of halogens is 1. The van der Waals surface area contributed by atoms with E-state index in [2.05, 4.69) is 16.4 Å². The molecule has 0 radical (unpaired) electrons. The molecule has 166 valence electrons. The van der Waals surface area contributed by atoms with Gasteiger partial charge < -0.3 is 11.1 Å². The second-order valence-corrected chi connectivity index (χ2v) is 8.26. The van der Waals surface area contributed by atoms with Gasteiger partial charge in [0.05, 0.1) is 36.7 Å². The number of nitrogens with zero attached hydrogens (tertiary/aromatic N) is 3. The first kappa shape index (κ1) is 22.9. The number of amides is 2. The van der Waals surface area contributed by atoms with Crippen molar-refractivity contribution < 1.29 is 14.0 Å². The van der Waals surface area contributed by atoms with Crippen LogP contribution in [-0.4, -0.2) is 28.7 Å². The van der Waals surface area contributed by atoms with Crippen molar-refractivity contribution in [2.45, 2.75) is 45.8 Å². The van der Waals surface area contributed by atoms with Gasteiger partial charge in [0.1, 0.15) is 5.82 Å². The Kier molecular flexibility index (Phi) is 6.89. The van der Waals surface area contributed by atoms with Crippen LogP contribution in [0.2, 0.25) is 0 Å². The molecule has 1 aliphatic heterocycles. The molecule has 8 heteroatoms. The van der Waals surface area contributed by atoms with E-state index >= 15 is 0 Å². The maximum atomic E-state index is 14.3. The van der Waals surface area contributed by atoms with E-state index in [0.29, 0.717) is 11.1 Å². The van der Waals surface area contributed by atoms with Crippen LogP contribution in [-0.2, 0) is 11.3 Å². The smallest absolute Gasteiger partial charge is 0.251 e. The fourth-order valence-electron chi connectivity index (χ4n) is 3.55. The maximum Gasteiger partial charge on any atom is 0.251 e. The Balaban J connectivity index is 1.77. The van der Waals surface area contributed by atoms with Gasteiger partial charge in [-0.25, -0.2) is 9.38 Å². The quantitative estimate of drug-likeness (QED) is 0.725. The molecule has 0 saturated carbocycles. The van der Waals surface area contributed by atoms with Gasteiger partial charge in [-0.05, 0) is 54.3 Å². The highest BCUT2D eigenvalue weighted by atomic mass is 19.1. The Morgan fingerprint density at radius 3 is 2.72 bits per heavy atom. The summed E-state index contributed by atoms with van der Waals surface area (Å²) in [6.45, 7) is 5.75. The number of carbonyl (C=O) groups excluding carboxylic acids is 2. The van der Waals surface area contributed by atoms with Gasteiger partial charge in [0, 0.05) is 5.56 Å². The average molecular weight is 436 g/mol. The molecule has 2 aromatic rings. The lowest BCUT2D eigenvalue weighted by molar-refractivity contribution is -0.129. The van der Waals surface area contributed by atoms with Crippen LogP contribution in [0, 0.1) is 23.1 Å². The molecule has 32 heavy (non-hydrogen) atoms. The summed E-state index contributed by atoms with van der Waals surface area (Å²) in [4.78, 5) is 31.0. The summed E-state index contributed by atoms with van der Waals surface area (Å²) < 4.78 is 14.3. The lowest BCUT2D eigenvalue weighted by Gasteiger charge is -2.30. The lowest BCUT2D eigenvalue weighted by atomic mass is 9.99. The molecule has 2 unspecified atom stereocenters. The van der Waals surface area contributed by atoms with Gasteiger partial charge >= 0.3 is 0 Å². The highest BCUT2D eigenvalue weighted by Crippen LogP contribution is 2.21. The van der Waals surface area contributed by atoms with Gasteiger partial charge in [0.25, 0.3) is 5.91 Å². The summed E-state index contributed by atoms with van der Waals surface area (Å²) in [7, 11) is 0. The molecule has 3 N–H and O–H groups in total. The molecule has 3 rings (SSSR count). The summed E-state index contributed by atoms with van der Waals surface area (Å²) in [6.07, 6.45) is 0.236. The zero-order valence-electron chi connectivity index (χ0n) is 18.3. The summed E-state index contributed by atoms with van der Waals surface area (Å²) in [6, 6.07) is 12.4. The standard InChI is InChI=1S/C24H26FN5O2/c1-14(2)21-11-22(31)30(24(27)29-21)13-17-8-19(10-20(25)9-17)23(32)28-15(3)18-6-4-5-16(7-18)12-26/h4-10,14-15,21H,11,13H2,1-3H3,(H2,27,29)(H,28,32). The number of guanidine groups is 1. The molecule has 0 spiro atoms. The fourth-order valence-corrected chi connectivity index (χ4v) is 3.55. The summed E-state index contributed by atoms with van der Waals surface area (Å²) in [5.41, 5.74) is 7.81. The van der Waals surface area contributed by atoms with E-state index in [0.717, 1.165) is 11.6 Å². The number of hydrogen-bond acceptors (Lipinski definition) is 5. The van der Waals surface area contributed by atoms with Crippen molar-refractivity contribution in [3.05, 3.63) is 70.5 Å². The number of rotatable bonds is 6. The molecule has 1 aliphatic rings. The number of nitrogens with one attached hydrogen (secondary N) is 1. The molecule has 0 aliphatic carbocycles. The lowest BCUT2D eigenvalue weighted by Crippen LogP contribution is -2.47. The predicted octanol–water partition coefficient (Wildman–Crippen LogP) is 3.26.